The first kappa shape index (κ1) is 16.2. The van der Waals surface area contributed by atoms with Crippen molar-refractivity contribution < 1.29 is 9.90 Å². The van der Waals surface area contributed by atoms with E-state index < -0.39 is 5.54 Å². The van der Waals surface area contributed by atoms with E-state index in [1.165, 1.54) is 11.3 Å². The zero-order valence-electron chi connectivity index (χ0n) is 12.8. The number of aliphatic hydroxyl groups excluding tert-OH is 1. The molecule has 0 saturated heterocycles. The van der Waals surface area contributed by atoms with Gasteiger partial charge in [-0.05, 0) is 38.5 Å². The summed E-state index contributed by atoms with van der Waals surface area (Å²) >= 11 is 1.42. The topological polar surface area (TPSA) is 87.1 Å². The van der Waals surface area contributed by atoms with Crippen molar-refractivity contribution in [2.24, 2.45) is 5.92 Å². The summed E-state index contributed by atoms with van der Waals surface area (Å²) in [7, 11) is 0. The lowest BCUT2D eigenvalue weighted by atomic mass is 9.97. The second-order valence-corrected chi connectivity index (χ2v) is 6.90. The summed E-state index contributed by atoms with van der Waals surface area (Å²) in [6.07, 6.45) is 4.13. The van der Waals surface area contributed by atoms with Crippen LogP contribution in [-0.2, 0) is 0 Å². The van der Waals surface area contributed by atoms with Crippen LogP contribution in [0.5, 0.6) is 0 Å². The standard InChI is InChI=1S/C14H24N4O2S/c1-4-9(5-2)11-17-18-13(21-11)15-12(20)16-14(3,8-19)10-6-7-10/h9-10,19H,4-8H2,1-3H3,(H2,15,16,18,20). The molecule has 7 heteroatoms. The van der Waals surface area contributed by atoms with Gasteiger partial charge in [-0.3, -0.25) is 5.32 Å². The molecule has 6 nitrogen and oxygen atoms in total. The van der Waals surface area contributed by atoms with Gasteiger partial charge in [0.15, 0.2) is 0 Å². The fourth-order valence-electron chi connectivity index (χ4n) is 2.47. The Balaban J connectivity index is 1.93. The van der Waals surface area contributed by atoms with Crippen molar-refractivity contribution in [3.05, 3.63) is 5.01 Å². The number of urea groups is 1. The normalized spacial score (nSPS) is 17.6. The number of nitrogens with zero attached hydrogens (tertiary/aromatic N) is 2. The number of carbonyl (C=O) groups is 1. The van der Waals surface area contributed by atoms with Gasteiger partial charge >= 0.3 is 6.03 Å². The molecule has 1 aromatic heterocycles. The molecule has 1 aliphatic carbocycles. The highest BCUT2D eigenvalue weighted by atomic mass is 32.1. The van der Waals surface area contributed by atoms with Crippen molar-refractivity contribution in [2.75, 3.05) is 11.9 Å². The minimum Gasteiger partial charge on any atom is -0.394 e. The fourth-order valence-corrected chi connectivity index (χ4v) is 3.47. The van der Waals surface area contributed by atoms with E-state index in [1.54, 1.807) is 0 Å². The molecule has 0 spiro atoms. The lowest BCUT2D eigenvalue weighted by Gasteiger charge is -2.28. The second-order valence-electron chi connectivity index (χ2n) is 5.89. The summed E-state index contributed by atoms with van der Waals surface area (Å²) < 4.78 is 0. The van der Waals surface area contributed by atoms with Gasteiger partial charge in [0.25, 0.3) is 0 Å². The number of nitrogens with one attached hydrogen (secondary N) is 2. The van der Waals surface area contributed by atoms with Gasteiger partial charge in [0.2, 0.25) is 5.13 Å². The van der Waals surface area contributed by atoms with Crippen molar-refractivity contribution >= 4 is 22.5 Å². The van der Waals surface area contributed by atoms with Crippen LogP contribution in [0.25, 0.3) is 0 Å². The highest BCUT2D eigenvalue weighted by Crippen LogP contribution is 2.39. The number of rotatable bonds is 7. The molecule has 3 N–H and O–H groups in total. The highest BCUT2D eigenvalue weighted by molar-refractivity contribution is 7.15. The summed E-state index contributed by atoms with van der Waals surface area (Å²) in [5, 5.41) is 24.7. The van der Waals surface area contributed by atoms with Crippen LogP contribution in [0.4, 0.5) is 9.93 Å². The maximum absolute atomic E-state index is 12.0. The minimum atomic E-state index is -0.549. The van der Waals surface area contributed by atoms with Gasteiger partial charge in [-0.1, -0.05) is 25.2 Å². The zero-order chi connectivity index (χ0) is 15.5. The van der Waals surface area contributed by atoms with E-state index in [4.69, 9.17) is 0 Å². The Morgan fingerprint density at radius 2 is 2.10 bits per heavy atom. The number of anilines is 1. The molecule has 1 unspecified atom stereocenters. The van der Waals surface area contributed by atoms with Crippen LogP contribution in [0.3, 0.4) is 0 Å². The lowest BCUT2D eigenvalue weighted by Crippen LogP contribution is -2.52. The maximum Gasteiger partial charge on any atom is 0.321 e. The number of aromatic nitrogens is 2. The lowest BCUT2D eigenvalue weighted by molar-refractivity contribution is 0.159. The number of amides is 2. The molecule has 1 fully saturated rings. The number of aliphatic hydroxyl groups is 1. The molecule has 2 amide bonds. The van der Waals surface area contributed by atoms with E-state index in [1.807, 2.05) is 6.92 Å². The molecule has 1 heterocycles. The van der Waals surface area contributed by atoms with Gasteiger partial charge in [0.05, 0.1) is 12.1 Å². The summed E-state index contributed by atoms with van der Waals surface area (Å²) in [6, 6.07) is -0.328. The van der Waals surface area contributed by atoms with Crippen molar-refractivity contribution in [2.45, 2.75) is 57.9 Å². The minimum absolute atomic E-state index is 0.0554. The SMILES string of the molecule is CCC(CC)c1nnc(NC(=O)NC(C)(CO)C2CC2)s1. The molecular weight excluding hydrogens is 288 g/mol. The number of carbonyl (C=O) groups excluding carboxylic acids is 1. The van der Waals surface area contributed by atoms with Crippen molar-refractivity contribution in [3.63, 3.8) is 0 Å². The smallest absolute Gasteiger partial charge is 0.321 e. The van der Waals surface area contributed by atoms with E-state index in [0.29, 0.717) is 17.0 Å². The second kappa shape index (κ2) is 6.70. The Kier molecular flexibility index (Phi) is 5.16. The first-order valence-electron chi connectivity index (χ1n) is 7.55. The van der Waals surface area contributed by atoms with Crippen LogP contribution < -0.4 is 10.6 Å². The van der Waals surface area contributed by atoms with E-state index in [2.05, 4.69) is 34.7 Å². The molecule has 1 aliphatic rings. The van der Waals surface area contributed by atoms with Gasteiger partial charge in [-0.25, -0.2) is 4.79 Å². The molecule has 0 aromatic carbocycles. The third kappa shape index (κ3) is 3.91. The molecule has 0 aliphatic heterocycles. The Hall–Kier alpha value is -1.21. The molecule has 0 bridgehead atoms. The molecule has 0 radical (unpaired) electrons. The van der Waals surface area contributed by atoms with Crippen LogP contribution in [0.15, 0.2) is 0 Å². The van der Waals surface area contributed by atoms with Crippen LogP contribution in [0.2, 0.25) is 0 Å². The maximum atomic E-state index is 12.0. The van der Waals surface area contributed by atoms with E-state index in [9.17, 15) is 9.90 Å². The predicted molar refractivity (Wildman–Crippen MR) is 83.6 cm³/mol. The van der Waals surface area contributed by atoms with Gasteiger partial charge < -0.3 is 10.4 Å². The summed E-state index contributed by atoms with van der Waals surface area (Å²) in [6.45, 7) is 6.07. The third-order valence-electron chi connectivity index (χ3n) is 4.20. The van der Waals surface area contributed by atoms with Gasteiger partial charge in [-0.2, -0.15) is 0 Å². The first-order chi connectivity index (χ1) is 10.0. The summed E-state index contributed by atoms with van der Waals surface area (Å²) in [4.78, 5) is 12.0. The molecule has 2 rings (SSSR count). The molecular formula is C14H24N4O2S. The average Bonchev–Trinajstić information content (AvgIpc) is 3.23. The fraction of sp³-hybridized carbons (Fsp3) is 0.786. The van der Waals surface area contributed by atoms with Crippen molar-refractivity contribution in [1.82, 2.24) is 15.5 Å². The van der Waals surface area contributed by atoms with E-state index in [0.717, 1.165) is 30.7 Å². The van der Waals surface area contributed by atoms with Crippen LogP contribution in [0, 0.1) is 5.92 Å². The molecule has 1 atom stereocenters. The highest BCUT2D eigenvalue weighted by Gasteiger charge is 2.42. The quantitative estimate of drug-likeness (QED) is 0.722. The molecule has 1 aromatic rings. The number of hydrogen-bond acceptors (Lipinski definition) is 5. The Labute approximate surface area is 129 Å². The van der Waals surface area contributed by atoms with E-state index >= 15 is 0 Å². The van der Waals surface area contributed by atoms with Gasteiger partial charge in [0, 0.05) is 5.92 Å². The predicted octanol–water partition coefficient (Wildman–Crippen LogP) is 2.72. The molecule has 21 heavy (non-hydrogen) atoms. The monoisotopic (exact) mass is 312 g/mol. The summed E-state index contributed by atoms with van der Waals surface area (Å²) in [5.74, 6) is 0.762. The van der Waals surface area contributed by atoms with Gasteiger partial charge in [-0.15, -0.1) is 10.2 Å². The molecule has 118 valence electrons. The van der Waals surface area contributed by atoms with Crippen LogP contribution >= 0.6 is 11.3 Å². The Bertz CT molecular complexity index is 485. The van der Waals surface area contributed by atoms with Gasteiger partial charge in [0.1, 0.15) is 5.01 Å². The zero-order valence-corrected chi connectivity index (χ0v) is 13.7. The number of hydrogen-bond donors (Lipinski definition) is 3. The summed E-state index contributed by atoms with van der Waals surface area (Å²) in [5.41, 5.74) is -0.549. The molecule has 1 saturated carbocycles. The first-order valence-corrected chi connectivity index (χ1v) is 8.37. The largest absolute Gasteiger partial charge is 0.394 e. The average molecular weight is 312 g/mol. The Morgan fingerprint density at radius 3 is 2.62 bits per heavy atom. The van der Waals surface area contributed by atoms with Crippen molar-refractivity contribution in [3.8, 4) is 0 Å². The van der Waals surface area contributed by atoms with Crippen LogP contribution in [-0.4, -0.2) is 33.5 Å². The van der Waals surface area contributed by atoms with Crippen LogP contribution in [0.1, 0.15) is 57.4 Å². The Morgan fingerprint density at radius 1 is 1.43 bits per heavy atom. The third-order valence-corrected chi connectivity index (χ3v) is 5.20. The van der Waals surface area contributed by atoms with Crippen molar-refractivity contribution in [1.29, 1.82) is 0 Å². The van der Waals surface area contributed by atoms with E-state index in [-0.39, 0.29) is 12.6 Å².